The van der Waals surface area contributed by atoms with E-state index in [0.717, 1.165) is 21.3 Å². The largest absolute Gasteiger partial charge is 0.349 e. The van der Waals surface area contributed by atoms with E-state index >= 15 is 0 Å². The van der Waals surface area contributed by atoms with E-state index in [0.29, 0.717) is 6.54 Å². The number of rotatable bonds is 3. The molecule has 0 aliphatic rings. The maximum Gasteiger partial charge on any atom is 0.102 e. The van der Waals surface area contributed by atoms with E-state index in [9.17, 15) is 0 Å². The molecule has 1 aromatic carbocycles. The first kappa shape index (κ1) is 11.3. The lowest BCUT2D eigenvalue weighted by Crippen LogP contribution is -1.99. The van der Waals surface area contributed by atoms with Gasteiger partial charge in [-0.15, -0.1) is 0 Å². The Labute approximate surface area is 109 Å². The lowest BCUT2D eigenvalue weighted by atomic mass is 10.3. The third-order valence-corrected chi connectivity index (χ3v) is 3.59. The Kier molecular flexibility index (Phi) is 3.04. The van der Waals surface area contributed by atoms with Crippen molar-refractivity contribution in [1.82, 2.24) is 9.97 Å². The molecule has 0 radical (unpaired) electrons. The molecule has 0 atom stereocenters. The molecule has 0 amide bonds. The van der Waals surface area contributed by atoms with Crippen LogP contribution in [0.15, 0.2) is 58.6 Å². The number of benzene rings is 1. The summed E-state index contributed by atoms with van der Waals surface area (Å²) in [5, 5.41) is 3.28. The highest BCUT2D eigenvalue weighted by Gasteiger charge is 2.03. The van der Waals surface area contributed by atoms with Crippen molar-refractivity contribution >= 4 is 22.7 Å². The van der Waals surface area contributed by atoms with Crippen LogP contribution in [0.2, 0.25) is 0 Å². The fourth-order valence-corrected chi connectivity index (χ4v) is 2.72. The summed E-state index contributed by atoms with van der Waals surface area (Å²) < 4.78 is 0. The molecule has 0 saturated heterocycles. The highest BCUT2D eigenvalue weighted by atomic mass is 32.2. The van der Waals surface area contributed by atoms with Gasteiger partial charge in [0.2, 0.25) is 0 Å². The second-order valence-electron chi connectivity index (χ2n) is 3.99. The number of nitrogens with zero attached hydrogens (tertiary/aromatic N) is 1. The molecule has 0 fully saturated rings. The molecule has 0 saturated carbocycles. The molecule has 2 heterocycles. The van der Waals surface area contributed by atoms with Crippen LogP contribution in [0.25, 0.3) is 10.9 Å². The molecule has 0 aliphatic heterocycles. The molecule has 0 spiro atoms. The second kappa shape index (κ2) is 4.84. The van der Waals surface area contributed by atoms with Gasteiger partial charge in [0.05, 0.1) is 10.7 Å². The van der Waals surface area contributed by atoms with Gasteiger partial charge in [0, 0.05) is 17.4 Å². The summed E-state index contributed by atoms with van der Waals surface area (Å²) in [6.45, 7) is 0.473. The first-order valence-corrected chi connectivity index (χ1v) is 6.58. The van der Waals surface area contributed by atoms with Gasteiger partial charge < -0.3 is 10.7 Å². The van der Waals surface area contributed by atoms with Gasteiger partial charge in [-0.3, -0.25) is 0 Å². The summed E-state index contributed by atoms with van der Waals surface area (Å²) in [5.41, 5.74) is 7.66. The number of hydrogen-bond acceptors (Lipinski definition) is 3. The zero-order valence-electron chi connectivity index (χ0n) is 9.76. The molecular formula is C14H13N3S. The van der Waals surface area contributed by atoms with Gasteiger partial charge >= 0.3 is 0 Å². The summed E-state index contributed by atoms with van der Waals surface area (Å²) in [4.78, 5) is 7.85. The van der Waals surface area contributed by atoms with Gasteiger partial charge in [-0.05, 0) is 24.3 Å². The average molecular weight is 255 g/mol. The molecule has 3 rings (SSSR count). The number of para-hydroxylation sites is 1. The van der Waals surface area contributed by atoms with E-state index < -0.39 is 0 Å². The number of fused-ring (bicyclic) bond motifs is 1. The molecule has 3 aromatic rings. The van der Waals surface area contributed by atoms with Gasteiger partial charge in [-0.25, -0.2) is 4.98 Å². The van der Waals surface area contributed by atoms with Crippen LogP contribution in [0.5, 0.6) is 0 Å². The second-order valence-corrected chi connectivity index (χ2v) is 5.06. The van der Waals surface area contributed by atoms with Crippen LogP contribution in [-0.2, 0) is 6.54 Å². The third-order valence-electron chi connectivity index (χ3n) is 2.71. The summed E-state index contributed by atoms with van der Waals surface area (Å²) >= 11 is 1.62. The van der Waals surface area contributed by atoms with Gasteiger partial charge in [0.1, 0.15) is 5.03 Å². The van der Waals surface area contributed by atoms with Crippen LogP contribution in [0, 0.1) is 0 Å². The van der Waals surface area contributed by atoms with Gasteiger partial charge in [0.25, 0.3) is 0 Å². The van der Waals surface area contributed by atoms with Crippen molar-refractivity contribution in [2.24, 2.45) is 5.73 Å². The Morgan fingerprint density at radius 2 is 2.00 bits per heavy atom. The highest BCUT2D eigenvalue weighted by molar-refractivity contribution is 7.99. The molecular weight excluding hydrogens is 242 g/mol. The molecule has 4 heteroatoms. The minimum atomic E-state index is 0.473. The van der Waals surface area contributed by atoms with Gasteiger partial charge in [-0.1, -0.05) is 36.0 Å². The molecule has 2 aromatic heterocycles. The fraction of sp³-hybridized carbons (Fsp3) is 0.0714. The summed E-state index contributed by atoms with van der Waals surface area (Å²) in [7, 11) is 0. The van der Waals surface area contributed by atoms with Crippen molar-refractivity contribution in [1.29, 1.82) is 0 Å². The number of aromatic nitrogens is 2. The van der Waals surface area contributed by atoms with E-state index in [1.807, 2.05) is 30.3 Å². The Balaban J connectivity index is 1.91. The topological polar surface area (TPSA) is 54.7 Å². The Hall–Kier alpha value is -1.78. The Morgan fingerprint density at radius 1 is 1.11 bits per heavy atom. The monoisotopic (exact) mass is 255 g/mol. The van der Waals surface area contributed by atoms with Crippen LogP contribution in [0.4, 0.5) is 0 Å². The number of nitrogens with two attached hydrogens (primary N) is 1. The van der Waals surface area contributed by atoms with Crippen LogP contribution < -0.4 is 5.73 Å². The average Bonchev–Trinajstić information content (AvgIpc) is 2.81. The van der Waals surface area contributed by atoms with Crippen molar-refractivity contribution in [3.05, 3.63) is 54.2 Å². The highest BCUT2D eigenvalue weighted by Crippen LogP contribution is 2.28. The Bertz CT molecular complexity index is 642. The molecule has 18 heavy (non-hydrogen) atoms. The number of aromatic amines is 1. The summed E-state index contributed by atoms with van der Waals surface area (Å²) in [5.74, 6) is 0. The number of hydrogen-bond donors (Lipinski definition) is 2. The molecule has 0 aliphatic carbocycles. The number of H-pyrrole nitrogens is 1. The molecule has 0 unspecified atom stereocenters. The van der Waals surface area contributed by atoms with E-state index in [-0.39, 0.29) is 0 Å². The number of pyridine rings is 1. The number of nitrogens with one attached hydrogen (secondary N) is 1. The van der Waals surface area contributed by atoms with Crippen molar-refractivity contribution < 1.29 is 0 Å². The minimum Gasteiger partial charge on any atom is -0.349 e. The summed E-state index contributed by atoms with van der Waals surface area (Å²) in [6.07, 6.45) is 0. The molecule has 90 valence electrons. The van der Waals surface area contributed by atoms with E-state index in [2.05, 4.69) is 28.2 Å². The van der Waals surface area contributed by atoms with Crippen molar-refractivity contribution in [2.75, 3.05) is 0 Å². The predicted octanol–water partition coefficient (Wildman–Crippen LogP) is 3.17. The van der Waals surface area contributed by atoms with Crippen molar-refractivity contribution in [3.8, 4) is 0 Å². The maximum atomic E-state index is 5.59. The van der Waals surface area contributed by atoms with E-state index in [4.69, 9.17) is 5.73 Å². The normalized spacial score (nSPS) is 10.9. The summed E-state index contributed by atoms with van der Waals surface area (Å²) in [6, 6.07) is 16.3. The van der Waals surface area contributed by atoms with Crippen LogP contribution in [0.1, 0.15) is 5.69 Å². The zero-order chi connectivity index (χ0) is 12.4. The fourth-order valence-electron chi connectivity index (χ4n) is 1.84. The lowest BCUT2D eigenvalue weighted by molar-refractivity contribution is 0.941. The smallest absolute Gasteiger partial charge is 0.102 e. The van der Waals surface area contributed by atoms with E-state index in [1.165, 1.54) is 5.39 Å². The molecule has 3 nitrogen and oxygen atoms in total. The SMILES string of the molecule is NCc1cccc(Sc2cc3ccccc3[nH]2)n1. The Morgan fingerprint density at radius 3 is 2.83 bits per heavy atom. The zero-order valence-corrected chi connectivity index (χ0v) is 10.6. The minimum absolute atomic E-state index is 0.473. The lowest BCUT2D eigenvalue weighted by Gasteiger charge is -2.00. The molecule has 3 N–H and O–H groups in total. The standard InChI is InChI=1S/C14H13N3S/c15-9-11-5-3-7-13(16-11)18-14-8-10-4-1-2-6-12(10)17-14/h1-8,17H,9,15H2. The first-order chi connectivity index (χ1) is 8.85. The van der Waals surface area contributed by atoms with Crippen molar-refractivity contribution in [2.45, 2.75) is 16.6 Å². The first-order valence-electron chi connectivity index (χ1n) is 5.77. The van der Waals surface area contributed by atoms with Crippen molar-refractivity contribution in [3.63, 3.8) is 0 Å². The van der Waals surface area contributed by atoms with Gasteiger partial charge in [0.15, 0.2) is 0 Å². The van der Waals surface area contributed by atoms with E-state index in [1.54, 1.807) is 11.8 Å². The van der Waals surface area contributed by atoms with Gasteiger partial charge in [-0.2, -0.15) is 0 Å². The maximum absolute atomic E-state index is 5.59. The van der Waals surface area contributed by atoms with Crippen LogP contribution in [0.3, 0.4) is 0 Å². The van der Waals surface area contributed by atoms with Crippen LogP contribution in [-0.4, -0.2) is 9.97 Å². The quantitative estimate of drug-likeness (QED) is 0.755. The third kappa shape index (κ3) is 2.25. The predicted molar refractivity (Wildman–Crippen MR) is 74.6 cm³/mol. The van der Waals surface area contributed by atoms with Crippen LogP contribution >= 0.6 is 11.8 Å². The molecule has 0 bridgehead atoms.